The van der Waals surface area contributed by atoms with Crippen LogP contribution in [-0.4, -0.2) is 64.7 Å². The maximum atomic E-state index is 14.1. The number of hydrogen-bond acceptors (Lipinski definition) is 7. The van der Waals surface area contributed by atoms with Crippen molar-refractivity contribution in [3.8, 4) is 0 Å². The fraction of sp³-hybridized carbons (Fsp3) is 0.296. The Kier molecular flexibility index (Phi) is 7.27. The van der Waals surface area contributed by atoms with E-state index in [1.165, 1.54) is 6.07 Å². The number of benzene rings is 2. The van der Waals surface area contributed by atoms with Crippen molar-refractivity contribution in [3.63, 3.8) is 0 Å². The molecule has 2 aromatic heterocycles. The Morgan fingerprint density at radius 2 is 1.84 bits per heavy atom. The van der Waals surface area contributed by atoms with Gasteiger partial charge < -0.3 is 19.5 Å². The van der Waals surface area contributed by atoms with E-state index < -0.39 is 11.6 Å². The number of rotatable bonds is 8. The molecule has 0 atom stereocenters. The van der Waals surface area contributed by atoms with E-state index in [1.54, 1.807) is 17.0 Å². The van der Waals surface area contributed by atoms with Gasteiger partial charge in [0, 0.05) is 60.9 Å². The summed E-state index contributed by atoms with van der Waals surface area (Å²) in [7, 11) is 0. The summed E-state index contributed by atoms with van der Waals surface area (Å²) in [6, 6.07) is 13.3. The topological polar surface area (TPSA) is 75.5 Å². The van der Waals surface area contributed by atoms with Gasteiger partial charge in [-0.3, -0.25) is 9.69 Å². The minimum Gasteiger partial charge on any atom is -0.465 e. The predicted molar refractivity (Wildman–Crippen MR) is 138 cm³/mol. The third-order valence-corrected chi connectivity index (χ3v) is 6.37. The van der Waals surface area contributed by atoms with E-state index >= 15 is 0 Å². The van der Waals surface area contributed by atoms with Crippen LogP contribution in [0.3, 0.4) is 0 Å². The van der Waals surface area contributed by atoms with Gasteiger partial charge in [-0.2, -0.15) is 4.98 Å². The van der Waals surface area contributed by atoms with Crippen molar-refractivity contribution in [3.05, 3.63) is 78.1 Å². The molecule has 1 aliphatic rings. The summed E-state index contributed by atoms with van der Waals surface area (Å²) in [5, 5.41) is 4.03. The molecule has 8 nitrogen and oxygen atoms in total. The van der Waals surface area contributed by atoms with E-state index in [0.29, 0.717) is 24.7 Å². The molecule has 2 aromatic carbocycles. The normalized spacial score (nSPS) is 14.2. The molecule has 0 amide bonds. The molecule has 192 valence electrons. The van der Waals surface area contributed by atoms with Crippen molar-refractivity contribution in [1.82, 2.24) is 19.4 Å². The van der Waals surface area contributed by atoms with Crippen LogP contribution in [0.4, 0.5) is 26.1 Å². The van der Waals surface area contributed by atoms with Crippen LogP contribution in [0.5, 0.6) is 0 Å². The lowest BCUT2D eigenvalue weighted by Gasteiger charge is -2.35. The zero-order valence-electron chi connectivity index (χ0n) is 20.5. The van der Waals surface area contributed by atoms with Crippen LogP contribution in [0.25, 0.3) is 11.0 Å². The van der Waals surface area contributed by atoms with Crippen LogP contribution in [0.2, 0.25) is 0 Å². The summed E-state index contributed by atoms with van der Waals surface area (Å²) >= 11 is 0. The lowest BCUT2D eigenvalue weighted by molar-refractivity contribution is -0.144. The summed E-state index contributed by atoms with van der Waals surface area (Å²) in [5.74, 6) is -0.712. The third kappa shape index (κ3) is 5.86. The number of fused-ring (bicyclic) bond motifs is 1. The fourth-order valence-electron chi connectivity index (χ4n) is 4.44. The SMILES string of the molecule is CCOC(=O)CN1CCN(c2ccc(Nc3ncc4ccn(Cc5cc(F)ccc5F)c4n3)cc2)CC1. The Morgan fingerprint density at radius 1 is 1.05 bits per heavy atom. The van der Waals surface area contributed by atoms with Gasteiger partial charge >= 0.3 is 5.97 Å². The Bertz CT molecular complexity index is 1380. The van der Waals surface area contributed by atoms with Crippen molar-refractivity contribution in [2.75, 3.05) is 49.5 Å². The number of esters is 1. The Hall–Kier alpha value is -4.05. The lowest BCUT2D eigenvalue weighted by Crippen LogP contribution is -2.48. The van der Waals surface area contributed by atoms with Crippen LogP contribution in [-0.2, 0) is 16.1 Å². The minimum absolute atomic E-state index is 0.158. The standard InChI is InChI=1S/C27H28F2N6O2/c1-2-37-25(36)18-33-11-13-34(14-12-33)23-6-4-22(5-7-23)31-27-30-16-19-9-10-35(26(19)32-27)17-20-15-21(28)3-8-24(20)29/h3-10,15-16H,2,11-14,17-18H2,1H3,(H,30,31,32). The first kappa shape index (κ1) is 24.6. The number of carbonyl (C=O) groups is 1. The van der Waals surface area contributed by atoms with Gasteiger partial charge in [0.15, 0.2) is 0 Å². The van der Waals surface area contributed by atoms with Crippen LogP contribution in [0.15, 0.2) is 60.9 Å². The Balaban J connectivity index is 1.23. The van der Waals surface area contributed by atoms with Crippen molar-refractivity contribution < 1.29 is 18.3 Å². The first-order chi connectivity index (χ1) is 18.0. The average molecular weight is 507 g/mol. The summed E-state index contributed by atoms with van der Waals surface area (Å²) in [6.45, 7) is 5.95. The van der Waals surface area contributed by atoms with Crippen LogP contribution in [0, 0.1) is 11.6 Å². The molecule has 1 saturated heterocycles. The second-order valence-corrected chi connectivity index (χ2v) is 8.89. The number of piperazine rings is 1. The van der Waals surface area contributed by atoms with E-state index in [-0.39, 0.29) is 18.1 Å². The summed E-state index contributed by atoms with van der Waals surface area (Å²) < 4.78 is 34.5. The highest BCUT2D eigenvalue weighted by atomic mass is 19.1. The number of ether oxygens (including phenoxy) is 1. The number of hydrogen-bond donors (Lipinski definition) is 1. The highest BCUT2D eigenvalue weighted by Crippen LogP contribution is 2.23. The van der Waals surface area contributed by atoms with Crippen LogP contribution >= 0.6 is 0 Å². The summed E-state index contributed by atoms with van der Waals surface area (Å²) in [6.07, 6.45) is 3.49. The second-order valence-electron chi connectivity index (χ2n) is 8.89. The molecule has 3 heterocycles. The number of anilines is 3. The molecular weight excluding hydrogens is 478 g/mol. The molecule has 5 rings (SSSR count). The second kappa shape index (κ2) is 10.9. The van der Waals surface area contributed by atoms with Crippen molar-refractivity contribution in [2.24, 2.45) is 0 Å². The van der Waals surface area contributed by atoms with Gasteiger partial charge in [-0.15, -0.1) is 0 Å². The van der Waals surface area contributed by atoms with E-state index in [0.717, 1.165) is 55.1 Å². The quantitative estimate of drug-likeness (QED) is 0.359. The lowest BCUT2D eigenvalue weighted by atomic mass is 10.2. The molecule has 0 aliphatic carbocycles. The molecule has 0 unspecified atom stereocenters. The largest absolute Gasteiger partial charge is 0.465 e. The number of nitrogens with zero attached hydrogens (tertiary/aromatic N) is 5. The highest BCUT2D eigenvalue weighted by molar-refractivity contribution is 5.77. The summed E-state index contributed by atoms with van der Waals surface area (Å²) in [4.78, 5) is 25.1. The highest BCUT2D eigenvalue weighted by Gasteiger charge is 2.19. The number of halogens is 2. The predicted octanol–water partition coefficient (Wildman–Crippen LogP) is 4.19. The Labute approximate surface area is 213 Å². The maximum Gasteiger partial charge on any atom is 0.320 e. The molecule has 37 heavy (non-hydrogen) atoms. The molecule has 4 aromatic rings. The monoisotopic (exact) mass is 506 g/mol. The maximum absolute atomic E-state index is 14.1. The van der Waals surface area contributed by atoms with E-state index in [9.17, 15) is 13.6 Å². The van der Waals surface area contributed by atoms with Gasteiger partial charge in [0.1, 0.15) is 17.3 Å². The first-order valence-corrected chi connectivity index (χ1v) is 12.2. The summed E-state index contributed by atoms with van der Waals surface area (Å²) in [5.41, 5.74) is 2.81. The molecule has 1 aliphatic heterocycles. The van der Waals surface area contributed by atoms with Gasteiger partial charge in [-0.1, -0.05) is 0 Å². The number of aromatic nitrogens is 3. The van der Waals surface area contributed by atoms with E-state index in [4.69, 9.17) is 4.74 Å². The van der Waals surface area contributed by atoms with Crippen molar-refractivity contribution >= 4 is 34.3 Å². The molecule has 0 radical (unpaired) electrons. The molecule has 0 saturated carbocycles. The molecule has 10 heteroatoms. The van der Waals surface area contributed by atoms with Crippen LogP contribution in [0.1, 0.15) is 12.5 Å². The van der Waals surface area contributed by atoms with Crippen molar-refractivity contribution in [2.45, 2.75) is 13.5 Å². The first-order valence-electron chi connectivity index (χ1n) is 12.2. The molecule has 1 fully saturated rings. The molecule has 0 spiro atoms. The third-order valence-electron chi connectivity index (χ3n) is 6.37. The zero-order chi connectivity index (χ0) is 25.8. The van der Waals surface area contributed by atoms with Crippen molar-refractivity contribution in [1.29, 1.82) is 0 Å². The smallest absolute Gasteiger partial charge is 0.320 e. The zero-order valence-corrected chi connectivity index (χ0v) is 20.5. The fourth-order valence-corrected chi connectivity index (χ4v) is 4.44. The van der Waals surface area contributed by atoms with Gasteiger partial charge in [0.05, 0.1) is 19.7 Å². The van der Waals surface area contributed by atoms with E-state index in [2.05, 4.69) is 25.1 Å². The average Bonchev–Trinajstić information content (AvgIpc) is 3.29. The number of carbonyl (C=O) groups excluding carboxylic acids is 1. The number of nitrogens with one attached hydrogen (secondary N) is 1. The van der Waals surface area contributed by atoms with Crippen LogP contribution < -0.4 is 10.2 Å². The van der Waals surface area contributed by atoms with E-state index in [1.807, 2.05) is 37.3 Å². The Morgan fingerprint density at radius 3 is 2.59 bits per heavy atom. The molecule has 1 N–H and O–H groups in total. The van der Waals surface area contributed by atoms with Gasteiger partial charge in [-0.05, 0) is 55.5 Å². The van der Waals surface area contributed by atoms with Gasteiger partial charge in [0.2, 0.25) is 5.95 Å². The van der Waals surface area contributed by atoms with Gasteiger partial charge in [-0.25, -0.2) is 13.8 Å². The minimum atomic E-state index is -0.480. The molecular formula is C27H28F2N6O2. The van der Waals surface area contributed by atoms with Gasteiger partial charge in [0.25, 0.3) is 0 Å². The molecule has 0 bridgehead atoms.